The minimum Gasteiger partial charge on any atom is -0.277 e. The maximum Gasteiger partial charge on any atom is 0.0680 e. The third-order valence-corrected chi connectivity index (χ3v) is 1.41. The lowest BCUT2D eigenvalue weighted by Gasteiger charge is -2.05. The van der Waals surface area contributed by atoms with Crippen LogP contribution in [0.5, 0.6) is 0 Å². The van der Waals surface area contributed by atoms with Gasteiger partial charge in [0.15, 0.2) is 0 Å². The molecule has 0 heterocycles. The Morgan fingerprint density at radius 3 is 1.45 bits per heavy atom. The highest BCUT2D eigenvalue weighted by molar-refractivity contribution is 4.50. The van der Waals surface area contributed by atoms with Crippen LogP contribution in [-0.4, -0.2) is 13.2 Å². The zero-order chi connectivity index (χ0) is 8.36. The first kappa shape index (κ1) is 10.9. The minimum absolute atomic E-state index is 0.625. The first-order valence-corrected chi connectivity index (χ1v) is 4.40. The molecule has 1 N–H and O–H groups in total. The van der Waals surface area contributed by atoms with Gasteiger partial charge in [-0.2, -0.15) is 0 Å². The van der Waals surface area contributed by atoms with Gasteiger partial charge in [0.25, 0.3) is 0 Å². The smallest absolute Gasteiger partial charge is 0.0680 e. The molecule has 3 heteroatoms. The molecule has 0 bridgehead atoms. The second kappa shape index (κ2) is 9.88. The van der Waals surface area contributed by atoms with Gasteiger partial charge in [0.05, 0.1) is 13.2 Å². The number of nitrogens with one attached hydrogen (secondary N) is 1. The van der Waals surface area contributed by atoms with Crippen LogP contribution in [0.25, 0.3) is 0 Å². The van der Waals surface area contributed by atoms with Gasteiger partial charge in [-0.3, -0.25) is 9.68 Å². The zero-order valence-electron chi connectivity index (χ0n) is 7.56. The molecule has 1 saturated carbocycles. The van der Waals surface area contributed by atoms with Gasteiger partial charge in [-0.05, 0) is 13.8 Å². The van der Waals surface area contributed by atoms with Crippen LogP contribution in [-0.2, 0) is 9.68 Å². The van der Waals surface area contributed by atoms with Crippen molar-refractivity contribution < 1.29 is 9.68 Å². The standard InChI is InChI=1S/C4H11NO2.C4H8/c1-3-6-5-7-4-2;1-2-4-3-1/h5H,3-4H2,1-2H3;1-4H2. The van der Waals surface area contributed by atoms with Crippen LogP contribution in [0.4, 0.5) is 0 Å². The Kier molecular flexibility index (Phi) is 9.77. The van der Waals surface area contributed by atoms with E-state index in [0.717, 1.165) is 0 Å². The lowest BCUT2D eigenvalue weighted by molar-refractivity contribution is -0.163. The van der Waals surface area contributed by atoms with Crippen molar-refractivity contribution in [1.82, 2.24) is 5.64 Å². The minimum atomic E-state index is 0.625. The molecule has 0 spiro atoms. The molecule has 68 valence electrons. The molecule has 1 fully saturated rings. The predicted molar refractivity (Wildman–Crippen MR) is 44.9 cm³/mol. The van der Waals surface area contributed by atoms with Gasteiger partial charge in [-0.1, -0.05) is 31.3 Å². The Labute approximate surface area is 69.0 Å². The first-order valence-electron chi connectivity index (χ1n) is 4.40. The van der Waals surface area contributed by atoms with E-state index >= 15 is 0 Å². The van der Waals surface area contributed by atoms with Gasteiger partial charge in [-0.25, -0.2) is 0 Å². The summed E-state index contributed by atoms with van der Waals surface area (Å²) in [6.45, 7) is 5.01. The highest BCUT2D eigenvalue weighted by atomic mass is 16.9. The predicted octanol–water partition coefficient (Wildman–Crippen LogP) is 2.04. The van der Waals surface area contributed by atoms with Crippen LogP contribution in [0.1, 0.15) is 39.5 Å². The fourth-order valence-electron chi connectivity index (χ4n) is 0.410. The monoisotopic (exact) mass is 161 g/mol. The topological polar surface area (TPSA) is 30.5 Å². The average Bonchev–Trinajstić information content (AvgIpc) is 1.85. The molecule has 1 aliphatic carbocycles. The van der Waals surface area contributed by atoms with Gasteiger partial charge in [-0.15, -0.1) is 0 Å². The van der Waals surface area contributed by atoms with Gasteiger partial charge in [0.2, 0.25) is 0 Å². The zero-order valence-corrected chi connectivity index (χ0v) is 7.56. The summed E-state index contributed by atoms with van der Waals surface area (Å²) in [5.41, 5.74) is 2.28. The summed E-state index contributed by atoms with van der Waals surface area (Å²) in [4.78, 5) is 9.20. The van der Waals surface area contributed by atoms with E-state index in [2.05, 4.69) is 15.3 Å². The lowest BCUT2D eigenvalue weighted by Crippen LogP contribution is -2.14. The van der Waals surface area contributed by atoms with Crippen LogP contribution in [0.2, 0.25) is 0 Å². The van der Waals surface area contributed by atoms with Crippen LogP contribution >= 0.6 is 0 Å². The highest BCUT2D eigenvalue weighted by Gasteiger charge is 1.95. The Hall–Kier alpha value is -0.120. The van der Waals surface area contributed by atoms with Crippen molar-refractivity contribution >= 4 is 0 Å². The summed E-state index contributed by atoms with van der Waals surface area (Å²) < 4.78 is 0. The van der Waals surface area contributed by atoms with E-state index < -0.39 is 0 Å². The van der Waals surface area contributed by atoms with E-state index in [-0.39, 0.29) is 0 Å². The Morgan fingerprint density at radius 2 is 1.27 bits per heavy atom. The van der Waals surface area contributed by atoms with Crippen LogP contribution in [0.3, 0.4) is 0 Å². The Bertz CT molecular complexity index is 57.1. The van der Waals surface area contributed by atoms with Crippen LogP contribution < -0.4 is 5.64 Å². The van der Waals surface area contributed by atoms with Crippen molar-refractivity contribution in [3.05, 3.63) is 0 Å². The Morgan fingerprint density at radius 1 is 0.909 bits per heavy atom. The van der Waals surface area contributed by atoms with Crippen LogP contribution in [0.15, 0.2) is 0 Å². The second-order valence-electron chi connectivity index (χ2n) is 2.36. The molecule has 0 amide bonds. The van der Waals surface area contributed by atoms with Crippen molar-refractivity contribution in [2.24, 2.45) is 0 Å². The summed E-state index contributed by atoms with van der Waals surface area (Å²) in [5.74, 6) is 0. The van der Waals surface area contributed by atoms with E-state index in [1.54, 1.807) is 0 Å². The van der Waals surface area contributed by atoms with E-state index in [1.165, 1.54) is 25.7 Å². The van der Waals surface area contributed by atoms with E-state index in [4.69, 9.17) is 0 Å². The van der Waals surface area contributed by atoms with Gasteiger partial charge < -0.3 is 0 Å². The van der Waals surface area contributed by atoms with Crippen molar-refractivity contribution in [1.29, 1.82) is 0 Å². The number of hydrogen-bond acceptors (Lipinski definition) is 3. The highest BCUT2D eigenvalue weighted by Crippen LogP contribution is 2.15. The van der Waals surface area contributed by atoms with Crippen molar-refractivity contribution in [2.45, 2.75) is 39.5 Å². The molecule has 0 aliphatic heterocycles. The molecular formula is C8H19NO2. The largest absolute Gasteiger partial charge is 0.277 e. The maximum absolute atomic E-state index is 4.60. The van der Waals surface area contributed by atoms with Gasteiger partial charge in [0, 0.05) is 0 Å². The van der Waals surface area contributed by atoms with Crippen molar-refractivity contribution in [2.75, 3.05) is 13.2 Å². The number of hydrogen-bond donors (Lipinski definition) is 1. The van der Waals surface area contributed by atoms with Crippen LogP contribution in [0, 0.1) is 0 Å². The molecule has 1 aliphatic rings. The molecule has 0 aromatic rings. The maximum atomic E-state index is 4.60. The number of rotatable bonds is 4. The molecule has 0 radical (unpaired) electrons. The lowest BCUT2D eigenvalue weighted by atomic mass is 10.0. The molecule has 1 rings (SSSR count). The summed E-state index contributed by atoms with van der Waals surface area (Å²) >= 11 is 0. The van der Waals surface area contributed by atoms with Gasteiger partial charge >= 0.3 is 0 Å². The summed E-state index contributed by atoms with van der Waals surface area (Å²) in [5, 5.41) is 0. The van der Waals surface area contributed by atoms with Crippen molar-refractivity contribution in [3.8, 4) is 0 Å². The molecule has 3 nitrogen and oxygen atoms in total. The normalized spacial score (nSPS) is 14.7. The molecular weight excluding hydrogens is 142 g/mol. The van der Waals surface area contributed by atoms with E-state index in [9.17, 15) is 0 Å². The molecule has 0 unspecified atom stereocenters. The third kappa shape index (κ3) is 9.88. The SMILES string of the molecule is C1CCC1.CCONOCC. The fraction of sp³-hybridized carbons (Fsp3) is 1.00. The fourth-order valence-corrected chi connectivity index (χ4v) is 0.410. The molecule has 0 aromatic carbocycles. The summed E-state index contributed by atoms with van der Waals surface area (Å²) in [7, 11) is 0. The summed E-state index contributed by atoms with van der Waals surface area (Å²) in [6, 6.07) is 0. The second-order valence-corrected chi connectivity index (χ2v) is 2.36. The van der Waals surface area contributed by atoms with Gasteiger partial charge in [0.1, 0.15) is 0 Å². The molecule has 11 heavy (non-hydrogen) atoms. The Balaban J connectivity index is 0.000000207. The average molecular weight is 161 g/mol. The quantitative estimate of drug-likeness (QED) is 0.505. The van der Waals surface area contributed by atoms with E-state index in [1.807, 2.05) is 13.8 Å². The molecule has 0 atom stereocenters. The molecule has 0 saturated heterocycles. The molecule has 0 aromatic heterocycles. The third-order valence-electron chi connectivity index (χ3n) is 1.41. The summed E-state index contributed by atoms with van der Waals surface area (Å²) in [6.07, 6.45) is 6.00. The van der Waals surface area contributed by atoms with Crippen molar-refractivity contribution in [3.63, 3.8) is 0 Å². The first-order chi connectivity index (χ1) is 5.41. The van der Waals surface area contributed by atoms with E-state index in [0.29, 0.717) is 13.2 Å².